The number of ether oxygens (including phenoxy) is 1. The van der Waals surface area contributed by atoms with Crippen LogP contribution >= 0.6 is 11.3 Å². The van der Waals surface area contributed by atoms with Crippen LogP contribution in [0.25, 0.3) is 4.96 Å². The third-order valence-corrected chi connectivity index (χ3v) is 5.72. The van der Waals surface area contributed by atoms with Crippen molar-refractivity contribution in [1.29, 1.82) is 0 Å². The van der Waals surface area contributed by atoms with Crippen molar-refractivity contribution in [3.63, 3.8) is 0 Å². The topological polar surface area (TPSA) is 103 Å². The van der Waals surface area contributed by atoms with Gasteiger partial charge in [-0.15, -0.1) is 0 Å². The lowest BCUT2D eigenvalue weighted by atomic mass is 10.1. The van der Waals surface area contributed by atoms with Crippen LogP contribution in [-0.2, 0) is 17.8 Å². The Kier molecular flexibility index (Phi) is 6.78. The molecule has 174 valence electrons. The minimum absolute atomic E-state index is 0.0852. The molecule has 0 saturated heterocycles. The molecule has 8 nitrogen and oxygen atoms in total. The highest BCUT2D eigenvalue weighted by Gasteiger charge is 2.18. The predicted molar refractivity (Wildman–Crippen MR) is 126 cm³/mol. The molecule has 0 atom stereocenters. The second kappa shape index (κ2) is 9.92. The van der Waals surface area contributed by atoms with Gasteiger partial charge in [-0.05, 0) is 30.2 Å². The maximum atomic E-state index is 13.9. The summed E-state index contributed by atoms with van der Waals surface area (Å²) in [7, 11) is 0. The lowest BCUT2D eigenvalue weighted by molar-refractivity contribution is 0.0469. The molecule has 4 rings (SSSR count). The SMILES string of the molecule is CC(C)Cc1nn2c(=O)cc(COC(=O)c3ccccc3NC(=O)c3ccccc3F)nc2s1. The highest BCUT2D eigenvalue weighted by molar-refractivity contribution is 7.16. The molecule has 0 radical (unpaired) electrons. The van der Waals surface area contributed by atoms with E-state index in [1.54, 1.807) is 18.2 Å². The number of nitrogens with zero attached hydrogens (tertiary/aromatic N) is 3. The molecule has 1 amide bonds. The summed E-state index contributed by atoms with van der Waals surface area (Å²) in [6.45, 7) is 3.88. The number of fused-ring (bicyclic) bond motifs is 1. The number of amides is 1. The van der Waals surface area contributed by atoms with Gasteiger partial charge in [-0.25, -0.2) is 14.2 Å². The molecule has 2 heterocycles. The molecule has 0 aliphatic rings. The van der Waals surface area contributed by atoms with E-state index in [2.05, 4.69) is 29.2 Å². The average molecular weight is 481 g/mol. The summed E-state index contributed by atoms with van der Waals surface area (Å²) in [6.07, 6.45) is 0.729. The number of rotatable bonds is 7. The Labute approximate surface area is 198 Å². The number of anilines is 1. The number of halogens is 1. The molecule has 0 aliphatic carbocycles. The van der Waals surface area contributed by atoms with E-state index in [9.17, 15) is 18.8 Å². The second-order valence-electron chi connectivity index (χ2n) is 7.93. The summed E-state index contributed by atoms with van der Waals surface area (Å²) >= 11 is 1.32. The number of aromatic nitrogens is 3. The normalized spacial score (nSPS) is 11.1. The van der Waals surface area contributed by atoms with Crippen molar-refractivity contribution in [3.8, 4) is 0 Å². The first-order chi connectivity index (χ1) is 16.3. The highest BCUT2D eigenvalue weighted by atomic mass is 32.1. The lowest BCUT2D eigenvalue weighted by Gasteiger charge is -2.11. The molecule has 0 spiro atoms. The molecule has 0 fully saturated rings. The number of para-hydroxylation sites is 1. The van der Waals surface area contributed by atoms with Crippen molar-refractivity contribution < 1.29 is 18.7 Å². The largest absolute Gasteiger partial charge is 0.456 e. The van der Waals surface area contributed by atoms with Crippen LogP contribution in [-0.4, -0.2) is 26.5 Å². The average Bonchev–Trinajstić information content (AvgIpc) is 3.20. The van der Waals surface area contributed by atoms with Crippen molar-refractivity contribution in [2.75, 3.05) is 5.32 Å². The van der Waals surface area contributed by atoms with Crippen LogP contribution in [0.15, 0.2) is 59.4 Å². The number of esters is 1. The first-order valence-corrected chi connectivity index (χ1v) is 11.3. The second-order valence-corrected chi connectivity index (χ2v) is 8.97. The van der Waals surface area contributed by atoms with Crippen LogP contribution in [0.2, 0.25) is 0 Å². The minimum atomic E-state index is -0.726. The third-order valence-electron chi connectivity index (χ3n) is 4.79. The van der Waals surface area contributed by atoms with Crippen LogP contribution < -0.4 is 10.9 Å². The quantitative estimate of drug-likeness (QED) is 0.400. The Balaban J connectivity index is 1.49. The van der Waals surface area contributed by atoms with E-state index in [1.165, 1.54) is 52.3 Å². The van der Waals surface area contributed by atoms with Crippen LogP contribution in [0.4, 0.5) is 10.1 Å². The van der Waals surface area contributed by atoms with E-state index in [1.807, 2.05) is 0 Å². The summed E-state index contributed by atoms with van der Waals surface area (Å²) in [4.78, 5) is 42.4. The Morgan fingerprint density at radius 3 is 2.56 bits per heavy atom. The van der Waals surface area contributed by atoms with E-state index >= 15 is 0 Å². The third kappa shape index (κ3) is 5.18. The van der Waals surface area contributed by atoms with Crippen LogP contribution in [0.1, 0.15) is 45.3 Å². The van der Waals surface area contributed by atoms with Gasteiger partial charge in [-0.3, -0.25) is 9.59 Å². The van der Waals surface area contributed by atoms with Gasteiger partial charge in [0, 0.05) is 12.5 Å². The van der Waals surface area contributed by atoms with E-state index in [-0.39, 0.29) is 34.7 Å². The van der Waals surface area contributed by atoms with Gasteiger partial charge in [-0.1, -0.05) is 49.4 Å². The molecule has 2 aromatic heterocycles. The number of nitrogens with one attached hydrogen (secondary N) is 1. The number of hydrogen-bond acceptors (Lipinski definition) is 7. The van der Waals surface area contributed by atoms with Crippen molar-refractivity contribution in [3.05, 3.63) is 92.6 Å². The Morgan fingerprint density at radius 2 is 1.82 bits per heavy atom. The minimum Gasteiger partial charge on any atom is -0.456 e. The van der Waals surface area contributed by atoms with Crippen LogP contribution in [0, 0.1) is 11.7 Å². The van der Waals surface area contributed by atoms with Gasteiger partial charge in [-0.2, -0.15) is 9.61 Å². The van der Waals surface area contributed by atoms with Gasteiger partial charge in [0.25, 0.3) is 11.5 Å². The van der Waals surface area contributed by atoms with E-state index in [0.29, 0.717) is 10.9 Å². The van der Waals surface area contributed by atoms with Crippen molar-refractivity contribution in [2.24, 2.45) is 5.92 Å². The smallest absolute Gasteiger partial charge is 0.340 e. The molecule has 0 unspecified atom stereocenters. The molecule has 0 bridgehead atoms. The van der Waals surface area contributed by atoms with Crippen LogP contribution in [0.3, 0.4) is 0 Å². The zero-order chi connectivity index (χ0) is 24.2. The maximum absolute atomic E-state index is 13.9. The van der Waals surface area contributed by atoms with Crippen molar-refractivity contribution >= 4 is 33.9 Å². The first kappa shape index (κ1) is 23.2. The summed E-state index contributed by atoms with van der Waals surface area (Å²) in [5.74, 6) is -1.71. The van der Waals surface area contributed by atoms with E-state index in [0.717, 1.165) is 11.4 Å². The summed E-state index contributed by atoms with van der Waals surface area (Å²) < 4.78 is 20.5. The van der Waals surface area contributed by atoms with E-state index < -0.39 is 17.7 Å². The first-order valence-electron chi connectivity index (χ1n) is 10.5. The fourth-order valence-corrected chi connectivity index (χ4v) is 4.35. The molecular weight excluding hydrogens is 459 g/mol. The molecule has 2 aromatic carbocycles. The Morgan fingerprint density at radius 1 is 1.12 bits per heavy atom. The Bertz CT molecular complexity index is 1430. The van der Waals surface area contributed by atoms with Gasteiger partial charge in [0.15, 0.2) is 0 Å². The predicted octanol–water partition coefficient (Wildman–Crippen LogP) is 4.10. The summed E-state index contributed by atoms with van der Waals surface area (Å²) in [6, 6.07) is 13.0. The highest BCUT2D eigenvalue weighted by Crippen LogP contribution is 2.19. The number of hydrogen-bond donors (Lipinski definition) is 1. The fourth-order valence-electron chi connectivity index (χ4n) is 3.22. The van der Waals surface area contributed by atoms with Gasteiger partial charge in [0.2, 0.25) is 4.96 Å². The fraction of sp³-hybridized carbons (Fsp3) is 0.208. The summed E-state index contributed by atoms with van der Waals surface area (Å²) in [5, 5.41) is 7.63. The molecule has 4 aromatic rings. The molecule has 1 N–H and O–H groups in total. The number of benzene rings is 2. The monoisotopic (exact) mass is 480 g/mol. The number of carbonyl (C=O) groups is 2. The zero-order valence-electron chi connectivity index (χ0n) is 18.4. The molecule has 0 aliphatic heterocycles. The van der Waals surface area contributed by atoms with Gasteiger partial charge >= 0.3 is 5.97 Å². The van der Waals surface area contributed by atoms with Gasteiger partial charge < -0.3 is 10.1 Å². The molecule has 10 heteroatoms. The van der Waals surface area contributed by atoms with E-state index in [4.69, 9.17) is 4.74 Å². The maximum Gasteiger partial charge on any atom is 0.340 e. The number of carbonyl (C=O) groups excluding carboxylic acids is 2. The molecule has 0 saturated carbocycles. The standard InChI is InChI=1S/C24H21FN4O4S/c1-14(2)11-20-28-29-21(30)12-15(26-24(29)34-20)13-33-23(32)17-8-4-6-10-19(17)27-22(31)16-7-3-5-9-18(16)25/h3-10,12,14H,11,13H2,1-2H3,(H,27,31). The van der Waals surface area contributed by atoms with Crippen molar-refractivity contribution in [2.45, 2.75) is 26.9 Å². The molecular formula is C24H21FN4O4S. The van der Waals surface area contributed by atoms with Gasteiger partial charge in [0.1, 0.15) is 17.4 Å². The Hall–Kier alpha value is -3.92. The lowest BCUT2D eigenvalue weighted by Crippen LogP contribution is -2.18. The van der Waals surface area contributed by atoms with Crippen molar-refractivity contribution in [1.82, 2.24) is 14.6 Å². The zero-order valence-corrected chi connectivity index (χ0v) is 19.3. The summed E-state index contributed by atoms with van der Waals surface area (Å²) in [5.41, 5.74) is 0.0304. The van der Waals surface area contributed by atoms with Gasteiger partial charge in [0.05, 0.1) is 22.5 Å². The molecule has 34 heavy (non-hydrogen) atoms. The van der Waals surface area contributed by atoms with Crippen LogP contribution in [0.5, 0.6) is 0 Å².